The summed E-state index contributed by atoms with van der Waals surface area (Å²) in [5.41, 5.74) is 7.57. The van der Waals surface area contributed by atoms with Gasteiger partial charge in [-0.3, -0.25) is 0 Å². The molecule has 4 heteroatoms. The Bertz CT molecular complexity index is 302. The van der Waals surface area contributed by atoms with Crippen molar-refractivity contribution in [3.8, 4) is 0 Å². The van der Waals surface area contributed by atoms with Crippen LogP contribution in [0.1, 0.15) is 38.1 Å². The van der Waals surface area contributed by atoms with Crippen LogP contribution in [0.3, 0.4) is 0 Å². The minimum absolute atomic E-state index is 0.103. The number of nitrogens with zero attached hydrogens (tertiary/aromatic N) is 2. The van der Waals surface area contributed by atoms with Crippen LogP contribution in [0.25, 0.3) is 0 Å². The molecule has 1 aliphatic rings. The first-order valence-corrected chi connectivity index (χ1v) is 5.26. The SMILES string of the molecule is CCc1nn(C2CCCCO2)cc1N. The average Bonchev–Trinajstić information content (AvgIpc) is 2.61. The third-order valence-electron chi connectivity index (χ3n) is 2.63. The van der Waals surface area contributed by atoms with Gasteiger partial charge in [0.05, 0.1) is 17.6 Å². The lowest BCUT2D eigenvalue weighted by Crippen LogP contribution is -2.18. The summed E-state index contributed by atoms with van der Waals surface area (Å²) in [6.07, 6.45) is 6.29. The Morgan fingerprint density at radius 2 is 2.50 bits per heavy atom. The Hall–Kier alpha value is -1.03. The van der Waals surface area contributed by atoms with E-state index in [-0.39, 0.29) is 6.23 Å². The van der Waals surface area contributed by atoms with Gasteiger partial charge in [-0.15, -0.1) is 0 Å². The lowest BCUT2D eigenvalue weighted by atomic mass is 10.2. The van der Waals surface area contributed by atoms with Crippen molar-refractivity contribution in [3.63, 3.8) is 0 Å². The van der Waals surface area contributed by atoms with Crippen molar-refractivity contribution in [1.29, 1.82) is 0 Å². The van der Waals surface area contributed by atoms with Crippen molar-refractivity contribution in [1.82, 2.24) is 9.78 Å². The second-order valence-corrected chi connectivity index (χ2v) is 3.69. The van der Waals surface area contributed by atoms with Crippen LogP contribution in [0.15, 0.2) is 6.20 Å². The van der Waals surface area contributed by atoms with Crippen molar-refractivity contribution in [2.75, 3.05) is 12.3 Å². The molecule has 1 atom stereocenters. The quantitative estimate of drug-likeness (QED) is 0.781. The van der Waals surface area contributed by atoms with Crippen molar-refractivity contribution < 1.29 is 4.74 Å². The summed E-state index contributed by atoms with van der Waals surface area (Å²) in [5.74, 6) is 0. The van der Waals surface area contributed by atoms with Gasteiger partial charge in [0.15, 0.2) is 0 Å². The van der Waals surface area contributed by atoms with Crippen LogP contribution in [0.4, 0.5) is 5.69 Å². The third-order valence-corrected chi connectivity index (χ3v) is 2.63. The van der Waals surface area contributed by atoms with Crippen molar-refractivity contribution in [2.45, 2.75) is 38.8 Å². The maximum Gasteiger partial charge on any atom is 0.150 e. The fourth-order valence-corrected chi connectivity index (χ4v) is 1.80. The molecule has 0 bridgehead atoms. The van der Waals surface area contributed by atoms with E-state index in [0.717, 1.165) is 37.3 Å². The minimum atomic E-state index is 0.103. The van der Waals surface area contributed by atoms with Crippen LogP contribution in [0.5, 0.6) is 0 Å². The molecule has 0 radical (unpaired) electrons. The summed E-state index contributed by atoms with van der Waals surface area (Å²) in [5, 5.41) is 4.42. The Balaban J connectivity index is 2.14. The van der Waals surface area contributed by atoms with E-state index in [1.165, 1.54) is 6.42 Å². The summed E-state index contributed by atoms with van der Waals surface area (Å²) < 4.78 is 7.49. The summed E-state index contributed by atoms with van der Waals surface area (Å²) >= 11 is 0. The van der Waals surface area contributed by atoms with E-state index < -0.39 is 0 Å². The largest absolute Gasteiger partial charge is 0.396 e. The van der Waals surface area contributed by atoms with Gasteiger partial charge in [-0.05, 0) is 25.7 Å². The van der Waals surface area contributed by atoms with E-state index >= 15 is 0 Å². The molecule has 14 heavy (non-hydrogen) atoms. The summed E-state index contributed by atoms with van der Waals surface area (Å²) in [6, 6.07) is 0. The molecule has 0 aromatic carbocycles. The topological polar surface area (TPSA) is 53.1 Å². The highest BCUT2D eigenvalue weighted by molar-refractivity contribution is 5.40. The molecule has 2 rings (SSSR count). The number of anilines is 1. The van der Waals surface area contributed by atoms with Gasteiger partial charge in [0.25, 0.3) is 0 Å². The molecule has 1 aromatic rings. The number of nitrogen functional groups attached to an aromatic ring is 1. The van der Waals surface area contributed by atoms with E-state index in [1.54, 1.807) is 0 Å². The van der Waals surface area contributed by atoms with Gasteiger partial charge in [-0.2, -0.15) is 5.10 Å². The number of ether oxygens (including phenoxy) is 1. The molecule has 0 saturated carbocycles. The van der Waals surface area contributed by atoms with Gasteiger partial charge in [0.1, 0.15) is 6.23 Å². The van der Waals surface area contributed by atoms with Crippen LogP contribution in [-0.2, 0) is 11.2 Å². The molecule has 4 nitrogen and oxygen atoms in total. The maximum absolute atomic E-state index is 5.82. The summed E-state index contributed by atoms with van der Waals surface area (Å²) in [4.78, 5) is 0. The van der Waals surface area contributed by atoms with E-state index in [2.05, 4.69) is 12.0 Å². The fourth-order valence-electron chi connectivity index (χ4n) is 1.80. The first-order chi connectivity index (χ1) is 6.81. The molecule has 2 N–H and O–H groups in total. The molecule has 0 spiro atoms. The molecule has 1 saturated heterocycles. The molecule has 2 heterocycles. The van der Waals surface area contributed by atoms with Crippen LogP contribution in [0, 0.1) is 0 Å². The zero-order valence-corrected chi connectivity index (χ0v) is 8.57. The Morgan fingerprint density at radius 3 is 3.07 bits per heavy atom. The van der Waals surface area contributed by atoms with Crippen LogP contribution in [0.2, 0.25) is 0 Å². The maximum atomic E-state index is 5.82. The van der Waals surface area contributed by atoms with E-state index in [4.69, 9.17) is 10.5 Å². The zero-order chi connectivity index (χ0) is 9.97. The highest BCUT2D eigenvalue weighted by Gasteiger charge is 2.17. The molecule has 1 aromatic heterocycles. The average molecular weight is 195 g/mol. The number of hydrogen-bond donors (Lipinski definition) is 1. The van der Waals surface area contributed by atoms with Gasteiger partial charge in [0.2, 0.25) is 0 Å². The predicted molar refractivity (Wildman–Crippen MR) is 54.9 cm³/mol. The van der Waals surface area contributed by atoms with E-state index in [0.29, 0.717) is 0 Å². The standard InChI is InChI=1S/C10H17N3O/c1-2-9-8(11)7-13(12-9)10-5-3-4-6-14-10/h7,10H,2-6,11H2,1H3. The van der Waals surface area contributed by atoms with Gasteiger partial charge in [-0.1, -0.05) is 6.92 Å². The second-order valence-electron chi connectivity index (χ2n) is 3.69. The predicted octanol–water partition coefficient (Wildman–Crippen LogP) is 1.73. The summed E-state index contributed by atoms with van der Waals surface area (Å²) in [7, 11) is 0. The molecule has 1 aliphatic heterocycles. The van der Waals surface area contributed by atoms with Crippen LogP contribution in [-0.4, -0.2) is 16.4 Å². The molecule has 1 fully saturated rings. The Morgan fingerprint density at radius 1 is 1.64 bits per heavy atom. The number of hydrogen-bond acceptors (Lipinski definition) is 3. The zero-order valence-electron chi connectivity index (χ0n) is 8.57. The van der Waals surface area contributed by atoms with Crippen LogP contribution >= 0.6 is 0 Å². The molecular weight excluding hydrogens is 178 g/mol. The Kier molecular flexibility index (Phi) is 2.72. The monoisotopic (exact) mass is 195 g/mol. The van der Waals surface area contributed by atoms with E-state index in [1.807, 2.05) is 10.9 Å². The van der Waals surface area contributed by atoms with E-state index in [9.17, 15) is 0 Å². The minimum Gasteiger partial charge on any atom is -0.396 e. The second kappa shape index (κ2) is 4.00. The molecule has 0 amide bonds. The lowest BCUT2D eigenvalue weighted by molar-refractivity contribution is -0.0396. The number of nitrogens with two attached hydrogens (primary N) is 1. The van der Waals surface area contributed by atoms with Gasteiger partial charge in [-0.25, -0.2) is 4.68 Å². The van der Waals surface area contributed by atoms with Gasteiger partial charge >= 0.3 is 0 Å². The highest BCUT2D eigenvalue weighted by Crippen LogP contribution is 2.23. The third kappa shape index (κ3) is 1.75. The molecule has 78 valence electrons. The lowest BCUT2D eigenvalue weighted by Gasteiger charge is -2.22. The number of aryl methyl sites for hydroxylation is 1. The van der Waals surface area contributed by atoms with Crippen molar-refractivity contribution in [2.24, 2.45) is 0 Å². The molecular formula is C10H17N3O. The van der Waals surface area contributed by atoms with Crippen LogP contribution < -0.4 is 5.73 Å². The fraction of sp³-hybridized carbons (Fsp3) is 0.700. The molecule has 1 unspecified atom stereocenters. The van der Waals surface area contributed by atoms with Gasteiger partial charge < -0.3 is 10.5 Å². The normalized spacial score (nSPS) is 22.5. The first kappa shape index (κ1) is 9.52. The van der Waals surface area contributed by atoms with Crippen molar-refractivity contribution >= 4 is 5.69 Å². The van der Waals surface area contributed by atoms with Crippen molar-refractivity contribution in [3.05, 3.63) is 11.9 Å². The number of aromatic nitrogens is 2. The first-order valence-electron chi connectivity index (χ1n) is 5.26. The molecule has 0 aliphatic carbocycles. The van der Waals surface area contributed by atoms with Gasteiger partial charge in [0, 0.05) is 6.61 Å². The number of rotatable bonds is 2. The smallest absolute Gasteiger partial charge is 0.150 e. The summed E-state index contributed by atoms with van der Waals surface area (Å²) in [6.45, 7) is 2.90. The Labute approximate surface area is 84.0 Å². The highest BCUT2D eigenvalue weighted by atomic mass is 16.5.